The minimum atomic E-state index is -4.47. The van der Waals surface area contributed by atoms with Gasteiger partial charge in [-0.05, 0) is 55.9 Å². The number of fused-ring (bicyclic) bond motifs is 1. The highest BCUT2D eigenvalue weighted by molar-refractivity contribution is 6.37. The molecule has 1 saturated heterocycles. The summed E-state index contributed by atoms with van der Waals surface area (Å²) in [7, 11) is 0. The van der Waals surface area contributed by atoms with Gasteiger partial charge < -0.3 is 15.1 Å². The number of hydrogen-bond donors (Lipinski definition) is 1. The fraction of sp³-hybridized carbons (Fsp3) is 0.500. The molecule has 198 valence electrons. The number of aromatic nitrogens is 3. The van der Waals surface area contributed by atoms with Crippen molar-refractivity contribution in [1.29, 1.82) is 0 Å². The molecule has 0 bridgehead atoms. The van der Waals surface area contributed by atoms with Crippen LogP contribution in [0.4, 0.5) is 30.8 Å². The van der Waals surface area contributed by atoms with Gasteiger partial charge in [0.15, 0.2) is 0 Å². The first-order valence-corrected chi connectivity index (χ1v) is 13.5. The first-order valence-electron chi connectivity index (χ1n) is 12.6. The third kappa shape index (κ3) is 5.98. The number of rotatable bonds is 5. The molecule has 37 heavy (non-hydrogen) atoms. The number of nitrogens with one attached hydrogen (secondary N) is 1. The van der Waals surface area contributed by atoms with Crippen molar-refractivity contribution < 1.29 is 13.2 Å². The number of nitrogens with zero attached hydrogens (tertiary/aromatic N) is 5. The van der Waals surface area contributed by atoms with Gasteiger partial charge in [-0.1, -0.05) is 17.7 Å². The average Bonchev–Trinajstić information content (AvgIpc) is 3.12. The maximum atomic E-state index is 13.7. The highest BCUT2D eigenvalue weighted by Crippen LogP contribution is 2.36. The second-order valence-corrected chi connectivity index (χ2v) is 10.6. The van der Waals surface area contributed by atoms with E-state index in [-0.39, 0.29) is 11.2 Å². The minimum absolute atomic E-state index is 0.0364. The molecule has 1 N–H and O–H groups in total. The molecular formula is C26H29Cl2F3N6. The highest BCUT2D eigenvalue weighted by atomic mass is 35.5. The van der Waals surface area contributed by atoms with Crippen molar-refractivity contribution in [2.75, 3.05) is 47.8 Å². The lowest BCUT2D eigenvalue weighted by molar-refractivity contribution is -0.137. The van der Waals surface area contributed by atoms with Gasteiger partial charge in [-0.2, -0.15) is 18.2 Å². The SMILES string of the molecule is FC(F)(F)c1cccnc1N1CCc2nc(N3CCCCC3)nc(NCC3=CC=C(Cl)C(Cl)C3)c2CC1. The third-order valence-electron chi connectivity index (χ3n) is 7.06. The number of halogens is 5. The van der Waals surface area contributed by atoms with Crippen LogP contribution in [-0.2, 0) is 19.0 Å². The number of alkyl halides is 4. The molecule has 0 saturated carbocycles. The standard InChI is InChI=1S/C26H29Cl2F3N6/c27-20-7-6-17(15-21(20)28)16-33-23-18-8-13-36(24-19(26(29,30)31)5-4-10-32-24)14-9-22(18)34-25(35-23)37-11-2-1-3-12-37/h4-7,10,21H,1-3,8-9,11-16H2,(H,33,34,35). The summed E-state index contributed by atoms with van der Waals surface area (Å²) in [6.07, 6.45) is 5.77. The summed E-state index contributed by atoms with van der Waals surface area (Å²) in [5.41, 5.74) is 2.21. The predicted molar refractivity (Wildman–Crippen MR) is 142 cm³/mol. The Morgan fingerprint density at radius 3 is 2.54 bits per heavy atom. The molecule has 3 aliphatic rings. The molecule has 0 aromatic carbocycles. The van der Waals surface area contributed by atoms with E-state index in [1.54, 1.807) is 4.90 Å². The summed E-state index contributed by atoms with van der Waals surface area (Å²) >= 11 is 12.5. The number of hydrogen-bond acceptors (Lipinski definition) is 6. The van der Waals surface area contributed by atoms with Crippen molar-refractivity contribution in [2.45, 2.75) is 50.1 Å². The Hall–Kier alpha value is -2.52. The van der Waals surface area contributed by atoms with Crippen LogP contribution in [0.2, 0.25) is 0 Å². The van der Waals surface area contributed by atoms with Crippen LogP contribution in [0.15, 0.2) is 41.1 Å². The van der Waals surface area contributed by atoms with Crippen LogP contribution in [0.1, 0.15) is 42.5 Å². The smallest absolute Gasteiger partial charge is 0.366 e. The fourth-order valence-electron chi connectivity index (χ4n) is 5.08. The largest absolute Gasteiger partial charge is 0.419 e. The Balaban J connectivity index is 1.43. The third-order valence-corrected chi connectivity index (χ3v) is 7.95. The first kappa shape index (κ1) is 26.1. The van der Waals surface area contributed by atoms with Crippen LogP contribution in [0.5, 0.6) is 0 Å². The molecule has 0 radical (unpaired) electrons. The van der Waals surface area contributed by atoms with Crippen LogP contribution in [0.3, 0.4) is 0 Å². The van der Waals surface area contributed by atoms with Crippen molar-refractivity contribution in [3.63, 3.8) is 0 Å². The summed E-state index contributed by atoms with van der Waals surface area (Å²) in [5.74, 6) is 1.38. The maximum absolute atomic E-state index is 13.7. The van der Waals surface area contributed by atoms with Gasteiger partial charge in [0.1, 0.15) is 11.6 Å². The van der Waals surface area contributed by atoms with Gasteiger partial charge >= 0.3 is 6.18 Å². The molecule has 11 heteroatoms. The van der Waals surface area contributed by atoms with Crippen molar-refractivity contribution >= 4 is 40.8 Å². The van der Waals surface area contributed by atoms with Crippen molar-refractivity contribution in [1.82, 2.24) is 15.0 Å². The average molecular weight is 553 g/mol. The molecule has 4 heterocycles. The Morgan fingerprint density at radius 1 is 1.00 bits per heavy atom. The van der Waals surface area contributed by atoms with Gasteiger partial charge in [0.25, 0.3) is 0 Å². The Bertz CT molecular complexity index is 1190. The quantitative estimate of drug-likeness (QED) is 0.462. The number of allylic oxidation sites excluding steroid dienone is 3. The molecule has 0 amide bonds. The lowest BCUT2D eigenvalue weighted by Gasteiger charge is -2.28. The molecule has 2 aromatic rings. The normalized spacial score (nSPS) is 20.6. The van der Waals surface area contributed by atoms with Gasteiger partial charge in [-0.3, -0.25) is 0 Å². The first-order chi connectivity index (χ1) is 17.8. The van der Waals surface area contributed by atoms with E-state index in [1.807, 2.05) is 12.2 Å². The molecule has 1 atom stereocenters. The lowest BCUT2D eigenvalue weighted by atomic mass is 10.0. The van der Waals surface area contributed by atoms with E-state index in [9.17, 15) is 13.2 Å². The van der Waals surface area contributed by atoms with Crippen LogP contribution < -0.4 is 15.1 Å². The summed E-state index contributed by atoms with van der Waals surface area (Å²) in [6.45, 7) is 3.13. The van der Waals surface area contributed by atoms with Gasteiger partial charge in [0.2, 0.25) is 5.95 Å². The highest BCUT2D eigenvalue weighted by Gasteiger charge is 2.36. The van der Waals surface area contributed by atoms with Crippen LogP contribution >= 0.6 is 23.2 Å². The van der Waals surface area contributed by atoms with Crippen molar-refractivity contribution in [3.8, 4) is 0 Å². The van der Waals surface area contributed by atoms with E-state index in [1.165, 1.54) is 18.7 Å². The maximum Gasteiger partial charge on any atom is 0.419 e. The minimum Gasteiger partial charge on any atom is -0.366 e. The van der Waals surface area contributed by atoms with Crippen molar-refractivity contribution in [2.24, 2.45) is 0 Å². The van der Waals surface area contributed by atoms with Gasteiger partial charge in [-0.15, -0.1) is 11.6 Å². The zero-order chi connectivity index (χ0) is 26.0. The van der Waals surface area contributed by atoms with E-state index in [4.69, 9.17) is 33.2 Å². The van der Waals surface area contributed by atoms with Crippen molar-refractivity contribution in [3.05, 3.63) is 57.9 Å². The molecule has 6 nitrogen and oxygen atoms in total. The van der Waals surface area contributed by atoms with Crippen LogP contribution in [0, 0.1) is 0 Å². The van der Waals surface area contributed by atoms with Crippen LogP contribution in [0.25, 0.3) is 0 Å². The molecule has 1 fully saturated rings. The molecule has 2 aliphatic heterocycles. The summed E-state index contributed by atoms with van der Waals surface area (Å²) in [6, 6.07) is 2.41. The summed E-state index contributed by atoms with van der Waals surface area (Å²) in [4.78, 5) is 17.9. The number of anilines is 3. The van der Waals surface area contributed by atoms with Gasteiger partial charge in [0, 0.05) is 55.9 Å². The lowest BCUT2D eigenvalue weighted by Crippen LogP contribution is -2.32. The molecule has 0 spiro atoms. The molecular weight excluding hydrogens is 524 g/mol. The van der Waals surface area contributed by atoms with E-state index < -0.39 is 11.7 Å². The molecule has 2 aromatic heterocycles. The van der Waals surface area contributed by atoms with Gasteiger partial charge in [0.05, 0.1) is 16.6 Å². The topological polar surface area (TPSA) is 57.2 Å². The summed E-state index contributed by atoms with van der Waals surface area (Å²) in [5, 5.41) is 3.86. The van der Waals surface area contributed by atoms with Crippen LogP contribution in [-0.4, -0.2) is 53.1 Å². The second kappa shape index (κ2) is 11.1. The monoisotopic (exact) mass is 552 g/mol. The predicted octanol–water partition coefficient (Wildman–Crippen LogP) is 5.96. The van der Waals surface area contributed by atoms with E-state index in [0.717, 1.165) is 54.6 Å². The number of pyridine rings is 1. The Morgan fingerprint density at radius 2 is 1.78 bits per heavy atom. The Kier molecular flexibility index (Phi) is 7.81. The van der Waals surface area contributed by atoms with E-state index in [0.29, 0.717) is 49.9 Å². The molecule has 5 rings (SSSR count). The zero-order valence-electron chi connectivity index (χ0n) is 20.4. The number of piperidine rings is 1. The Labute approximate surface area is 224 Å². The molecule has 1 unspecified atom stereocenters. The fourth-order valence-corrected chi connectivity index (χ4v) is 5.49. The van der Waals surface area contributed by atoms with E-state index in [2.05, 4.69) is 15.2 Å². The summed E-state index contributed by atoms with van der Waals surface area (Å²) < 4.78 is 41.1. The zero-order valence-corrected chi connectivity index (χ0v) is 21.9. The molecule has 1 aliphatic carbocycles. The van der Waals surface area contributed by atoms with Gasteiger partial charge in [-0.25, -0.2) is 9.97 Å². The second-order valence-electron chi connectivity index (χ2n) is 9.61. The van der Waals surface area contributed by atoms with E-state index >= 15 is 0 Å².